The standard InChI is InChI=1S/C28H40N2O/c1-21(2)9-8-10-22(3)19-25(20-31)28(23-11-15-26(16-12-23)29(4)5)24-13-17-27(18-14-24)30(6)7/h9,11-18,20,22,25,28H,8,10,19H2,1-7H3/t22-,25?/m0/s1. The molecular weight excluding hydrogens is 380 g/mol. The van der Waals surface area contributed by atoms with Crippen molar-refractivity contribution in [3.63, 3.8) is 0 Å². The minimum atomic E-state index is -0.0443. The quantitative estimate of drug-likeness (QED) is 0.305. The highest BCUT2D eigenvalue weighted by Crippen LogP contribution is 2.37. The number of nitrogens with zero attached hydrogens (tertiary/aromatic N) is 2. The summed E-state index contributed by atoms with van der Waals surface area (Å²) in [5.41, 5.74) is 6.11. The molecule has 3 heteroatoms. The van der Waals surface area contributed by atoms with Gasteiger partial charge in [-0.05, 0) is 74.4 Å². The maximum absolute atomic E-state index is 12.3. The molecule has 0 aliphatic heterocycles. The molecule has 0 aliphatic rings. The molecule has 0 radical (unpaired) electrons. The number of benzene rings is 2. The number of hydrogen-bond acceptors (Lipinski definition) is 3. The van der Waals surface area contributed by atoms with Crippen LogP contribution < -0.4 is 9.80 Å². The van der Waals surface area contributed by atoms with Gasteiger partial charge in [0.25, 0.3) is 0 Å². The molecule has 1 unspecified atom stereocenters. The van der Waals surface area contributed by atoms with Gasteiger partial charge in [0.2, 0.25) is 0 Å². The Balaban J connectivity index is 2.34. The number of allylic oxidation sites excluding steroid dienone is 2. The topological polar surface area (TPSA) is 23.6 Å². The zero-order valence-electron chi connectivity index (χ0n) is 20.4. The monoisotopic (exact) mass is 420 g/mol. The molecule has 0 fully saturated rings. The summed E-state index contributed by atoms with van der Waals surface area (Å²) in [7, 11) is 8.20. The first-order valence-corrected chi connectivity index (χ1v) is 11.4. The molecule has 2 atom stereocenters. The summed E-state index contributed by atoms with van der Waals surface area (Å²) in [5.74, 6) is 0.517. The SMILES string of the molecule is CC(C)=CCC[C@H](C)CC(C=O)C(c1ccc(N(C)C)cc1)c1ccc(N(C)C)cc1. The van der Waals surface area contributed by atoms with Crippen LogP contribution in [-0.2, 0) is 4.79 Å². The molecule has 3 nitrogen and oxygen atoms in total. The van der Waals surface area contributed by atoms with Crippen LogP contribution in [0.5, 0.6) is 0 Å². The number of rotatable bonds is 11. The molecule has 2 aromatic rings. The Hall–Kier alpha value is -2.55. The summed E-state index contributed by atoms with van der Waals surface area (Å²) < 4.78 is 0. The second-order valence-corrected chi connectivity index (χ2v) is 9.45. The van der Waals surface area contributed by atoms with Crippen molar-refractivity contribution >= 4 is 17.7 Å². The van der Waals surface area contributed by atoms with Crippen LogP contribution in [0.2, 0.25) is 0 Å². The Labute approximate surface area is 189 Å². The van der Waals surface area contributed by atoms with Crippen molar-refractivity contribution in [3.05, 3.63) is 71.3 Å². The Kier molecular flexibility index (Phi) is 9.36. The van der Waals surface area contributed by atoms with E-state index >= 15 is 0 Å². The normalized spacial score (nSPS) is 12.9. The summed E-state index contributed by atoms with van der Waals surface area (Å²) >= 11 is 0. The lowest BCUT2D eigenvalue weighted by Crippen LogP contribution is -2.19. The maximum Gasteiger partial charge on any atom is 0.124 e. The van der Waals surface area contributed by atoms with Crippen LogP contribution >= 0.6 is 0 Å². The Morgan fingerprint density at radius 1 is 0.839 bits per heavy atom. The number of anilines is 2. The molecule has 0 N–H and O–H groups in total. The number of aldehydes is 1. The molecule has 2 rings (SSSR count). The molecule has 0 bridgehead atoms. The van der Waals surface area contributed by atoms with Gasteiger partial charge in [0.05, 0.1) is 0 Å². The highest BCUT2D eigenvalue weighted by Gasteiger charge is 2.26. The van der Waals surface area contributed by atoms with E-state index in [4.69, 9.17) is 0 Å². The van der Waals surface area contributed by atoms with Crippen molar-refractivity contribution in [2.75, 3.05) is 38.0 Å². The number of hydrogen-bond donors (Lipinski definition) is 0. The van der Waals surface area contributed by atoms with Gasteiger partial charge < -0.3 is 14.6 Å². The van der Waals surface area contributed by atoms with Gasteiger partial charge in [-0.3, -0.25) is 0 Å². The average Bonchev–Trinajstić information content (AvgIpc) is 2.73. The van der Waals surface area contributed by atoms with Crippen molar-refractivity contribution in [1.82, 2.24) is 0 Å². The highest BCUT2D eigenvalue weighted by molar-refractivity contribution is 5.60. The van der Waals surface area contributed by atoms with Crippen LogP contribution in [0.15, 0.2) is 60.2 Å². The molecule has 31 heavy (non-hydrogen) atoms. The zero-order chi connectivity index (χ0) is 23.0. The van der Waals surface area contributed by atoms with Crippen LogP contribution in [0.25, 0.3) is 0 Å². The van der Waals surface area contributed by atoms with E-state index in [1.807, 2.05) is 0 Å². The Bertz CT molecular complexity index is 779. The van der Waals surface area contributed by atoms with Gasteiger partial charge in [0.1, 0.15) is 6.29 Å². The van der Waals surface area contributed by atoms with E-state index in [0.29, 0.717) is 5.92 Å². The van der Waals surface area contributed by atoms with E-state index in [-0.39, 0.29) is 11.8 Å². The van der Waals surface area contributed by atoms with Crippen LogP contribution in [0.3, 0.4) is 0 Å². The predicted octanol–water partition coefficient (Wildman–Crippen LogP) is 6.54. The van der Waals surface area contributed by atoms with Crippen molar-refractivity contribution < 1.29 is 4.79 Å². The molecule has 0 saturated heterocycles. The summed E-state index contributed by atoms with van der Waals surface area (Å²) in [6.45, 7) is 6.56. The average molecular weight is 421 g/mol. The van der Waals surface area contributed by atoms with Crippen molar-refractivity contribution in [2.24, 2.45) is 11.8 Å². The van der Waals surface area contributed by atoms with Gasteiger partial charge in [0.15, 0.2) is 0 Å². The van der Waals surface area contributed by atoms with Gasteiger partial charge in [-0.15, -0.1) is 0 Å². The molecule has 0 spiro atoms. The molecule has 2 aromatic carbocycles. The molecule has 0 heterocycles. The fourth-order valence-electron chi connectivity index (χ4n) is 4.16. The van der Waals surface area contributed by atoms with Crippen LogP contribution in [0.1, 0.15) is 57.1 Å². The van der Waals surface area contributed by atoms with Gasteiger partial charge in [-0.2, -0.15) is 0 Å². The molecule has 0 aromatic heterocycles. The van der Waals surface area contributed by atoms with Crippen LogP contribution in [0, 0.1) is 11.8 Å². The molecule has 0 aliphatic carbocycles. The third-order valence-electron chi connectivity index (χ3n) is 6.03. The van der Waals surface area contributed by atoms with E-state index in [1.54, 1.807) is 0 Å². The van der Waals surface area contributed by atoms with Crippen molar-refractivity contribution in [2.45, 2.75) is 46.0 Å². The van der Waals surface area contributed by atoms with Crippen LogP contribution in [0.4, 0.5) is 11.4 Å². The zero-order valence-corrected chi connectivity index (χ0v) is 20.4. The van der Waals surface area contributed by atoms with Gasteiger partial charge in [0, 0.05) is 51.4 Å². The fraction of sp³-hybridized carbons (Fsp3) is 0.464. The first kappa shape index (κ1) is 24.7. The highest BCUT2D eigenvalue weighted by atomic mass is 16.1. The molecule has 0 amide bonds. The predicted molar refractivity (Wildman–Crippen MR) is 135 cm³/mol. The summed E-state index contributed by atoms with van der Waals surface area (Å²) in [6, 6.07) is 17.3. The first-order chi connectivity index (χ1) is 14.7. The lowest BCUT2D eigenvalue weighted by molar-refractivity contribution is -0.111. The second-order valence-electron chi connectivity index (χ2n) is 9.45. The smallest absolute Gasteiger partial charge is 0.124 e. The minimum Gasteiger partial charge on any atom is -0.378 e. The largest absolute Gasteiger partial charge is 0.378 e. The van der Waals surface area contributed by atoms with Gasteiger partial charge in [-0.25, -0.2) is 0 Å². The molecule has 0 saturated carbocycles. The molecular formula is C28H40N2O. The Morgan fingerprint density at radius 3 is 1.65 bits per heavy atom. The van der Waals surface area contributed by atoms with E-state index < -0.39 is 0 Å². The third kappa shape index (κ3) is 7.27. The third-order valence-corrected chi connectivity index (χ3v) is 6.03. The van der Waals surface area contributed by atoms with E-state index in [1.165, 1.54) is 34.4 Å². The molecule has 168 valence electrons. The second kappa shape index (κ2) is 11.7. The summed E-state index contributed by atoms with van der Waals surface area (Å²) in [4.78, 5) is 16.5. The van der Waals surface area contributed by atoms with E-state index in [2.05, 4.69) is 113 Å². The lowest BCUT2D eigenvalue weighted by Gasteiger charge is -2.27. The first-order valence-electron chi connectivity index (χ1n) is 11.4. The van der Waals surface area contributed by atoms with Crippen LogP contribution in [-0.4, -0.2) is 34.5 Å². The maximum atomic E-state index is 12.3. The summed E-state index contributed by atoms with van der Waals surface area (Å²) in [6.07, 6.45) is 6.57. The van der Waals surface area contributed by atoms with Gasteiger partial charge >= 0.3 is 0 Å². The lowest BCUT2D eigenvalue weighted by atomic mass is 9.77. The van der Waals surface area contributed by atoms with E-state index in [0.717, 1.165) is 19.3 Å². The fourth-order valence-corrected chi connectivity index (χ4v) is 4.16. The Morgan fingerprint density at radius 2 is 1.29 bits per heavy atom. The van der Waals surface area contributed by atoms with E-state index in [9.17, 15) is 4.79 Å². The van der Waals surface area contributed by atoms with Crippen molar-refractivity contribution in [1.29, 1.82) is 0 Å². The minimum absolute atomic E-state index is 0.0443. The van der Waals surface area contributed by atoms with Crippen molar-refractivity contribution in [3.8, 4) is 0 Å². The number of carbonyl (C=O) groups excluding carboxylic acids is 1. The summed E-state index contributed by atoms with van der Waals surface area (Å²) in [5, 5.41) is 0. The van der Waals surface area contributed by atoms with Gasteiger partial charge in [-0.1, -0.05) is 42.8 Å². The number of carbonyl (C=O) groups is 1.